The maximum Gasteiger partial charge on any atom is 0.225 e. The van der Waals surface area contributed by atoms with Gasteiger partial charge in [0, 0.05) is 0 Å². The Kier molecular flexibility index (Phi) is 10.4. The zero-order chi connectivity index (χ0) is 9.78. The molecule has 73 valence electrons. The van der Waals surface area contributed by atoms with E-state index in [9.17, 15) is 4.79 Å². The van der Waals surface area contributed by atoms with E-state index in [2.05, 4.69) is 6.58 Å². The molecule has 0 saturated carbocycles. The van der Waals surface area contributed by atoms with Gasteiger partial charge in [0.2, 0.25) is 6.29 Å². The number of hydrogen-bond acceptors (Lipinski definition) is 1. The van der Waals surface area contributed by atoms with Crippen molar-refractivity contribution in [1.82, 2.24) is 0 Å². The summed E-state index contributed by atoms with van der Waals surface area (Å²) in [5.41, 5.74) is 0. The molecule has 0 saturated heterocycles. The van der Waals surface area contributed by atoms with Crippen LogP contribution in [0.3, 0.4) is 0 Å². The summed E-state index contributed by atoms with van der Waals surface area (Å²) in [6, 6.07) is 0. The maximum atomic E-state index is 9.79. The van der Waals surface area contributed by atoms with Crippen LogP contribution >= 0.6 is 0 Å². The molecule has 0 aromatic carbocycles. The summed E-state index contributed by atoms with van der Waals surface area (Å²) in [5.74, 6) is 0. The van der Waals surface area contributed by atoms with Crippen LogP contribution in [0.2, 0.25) is 0 Å². The van der Waals surface area contributed by atoms with E-state index in [0.29, 0.717) is 0 Å². The van der Waals surface area contributed by atoms with Crippen molar-refractivity contribution in [2.45, 2.75) is 44.9 Å². The van der Waals surface area contributed by atoms with Crippen LogP contribution in [-0.4, -0.2) is 6.29 Å². The van der Waals surface area contributed by atoms with Gasteiger partial charge in [0.1, 0.15) is 0 Å². The van der Waals surface area contributed by atoms with E-state index in [1.165, 1.54) is 38.2 Å². The first-order valence-electron chi connectivity index (χ1n) is 5.05. The lowest BCUT2D eigenvalue weighted by Crippen LogP contribution is -1.78. The van der Waals surface area contributed by atoms with Crippen LogP contribution in [0.1, 0.15) is 44.9 Å². The second-order valence-corrected chi connectivity index (χ2v) is 3.15. The van der Waals surface area contributed by atoms with Crippen LogP contribution in [0.4, 0.5) is 0 Å². The minimum absolute atomic E-state index is 1.01. The van der Waals surface area contributed by atoms with Gasteiger partial charge in [-0.25, -0.2) is 0 Å². The summed E-state index contributed by atoms with van der Waals surface area (Å²) in [6.45, 7) is 3.68. The summed E-state index contributed by atoms with van der Waals surface area (Å²) >= 11 is 0. The van der Waals surface area contributed by atoms with Crippen LogP contribution in [0.15, 0.2) is 24.8 Å². The molecule has 1 heteroatoms. The Morgan fingerprint density at radius 1 is 1.00 bits per heavy atom. The van der Waals surface area contributed by atoms with E-state index in [0.717, 1.165) is 12.8 Å². The van der Waals surface area contributed by atoms with Crippen molar-refractivity contribution in [3.63, 3.8) is 0 Å². The van der Waals surface area contributed by atoms with Gasteiger partial charge in [-0.05, 0) is 31.8 Å². The van der Waals surface area contributed by atoms with E-state index in [1.54, 1.807) is 6.29 Å². The summed E-state index contributed by atoms with van der Waals surface area (Å²) in [5, 5.41) is 0. The number of carbonyl (C=O) groups excluding carboxylic acids is 1. The van der Waals surface area contributed by atoms with Crippen molar-refractivity contribution in [2.75, 3.05) is 0 Å². The summed E-state index contributed by atoms with van der Waals surface area (Å²) in [7, 11) is 0. The third-order valence-electron chi connectivity index (χ3n) is 1.96. The van der Waals surface area contributed by atoms with Crippen LogP contribution in [0, 0.1) is 0 Å². The molecule has 0 fully saturated rings. The van der Waals surface area contributed by atoms with Crippen molar-refractivity contribution in [1.29, 1.82) is 0 Å². The SMILES string of the molecule is C=CCCCCCCC/C=C/[C]=O. The Hall–Kier alpha value is -0.850. The van der Waals surface area contributed by atoms with Crippen LogP contribution in [-0.2, 0) is 4.79 Å². The van der Waals surface area contributed by atoms with E-state index in [1.807, 2.05) is 12.2 Å². The molecule has 0 amide bonds. The highest BCUT2D eigenvalue weighted by atomic mass is 16.1. The van der Waals surface area contributed by atoms with E-state index in [4.69, 9.17) is 0 Å². The van der Waals surface area contributed by atoms with Gasteiger partial charge in [0.05, 0.1) is 0 Å². The van der Waals surface area contributed by atoms with E-state index < -0.39 is 0 Å². The lowest BCUT2D eigenvalue weighted by atomic mass is 10.1. The quantitative estimate of drug-likeness (QED) is 0.300. The first kappa shape index (κ1) is 12.2. The fraction of sp³-hybridized carbons (Fsp3) is 0.583. The average molecular weight is 179 g/mol. The molecule has 0 heterocycles. The van der Waals surface area contributed by atoms with Gasteiger partial charge < -0.3 is 0 Å². The number of allylic oxidation sites excluding steroid dienone is 3. The maximum absolute atomic E-state index is 9.79. The normalized spacial score (nSPS) is 10.5. The van der Waals surface area contributed by atoms with Gasteiger partial charge >= 0.3 is 0 Å². The van der Waals surface area contributed by atoms with Crippen LogP contribution in [0.5, 0.6) is 0 Å². The highest BCUT2D eigenvalue weighted by Gasteiger charge is 1.87. The van der Waals surface area contributed by atoms with Crippen molar-refractivity contribution in [3.8, 4) is 0 Å². The topological polar surface area (TPSA) is 17.1 Å². The minimum atomic E-state index is 1.01. The Morgan fingerprint density at radius 2 is 1.62 bits per heavy atom. The molecule has 0 aliphatic rings. The van der Waals surface area contributed by atoms with E-state index in [-0.39, 0.29) is 0 Å². The minimum Gasteiger partial charge on any atom is -0.286 e. The summed E-state index contributed by atoms with van der Waals surface area (Å²) < 4.78 is 0. The third-order valence-corrected chi connectivity index (χ3v) is 1.96. The summed E-state index contributed by atoms with van der Waals surface area (Å²) in [4.78, 5) is 9.79. The molecule has 1 nitrogen and oxygen atoms in total. The fourth-order valence-corrected chi connectivity index (χ4v) is 1.21. The number of hydrogen-bond donors (Lipinski definition) is 0. The van der Waals surface area contributed by atoms with Gasteiger partial charge in [0.25, 0.3) is 0 Å². The van der Waals surface area contributed by atoms with Gasteiger partial charge in [-0.2, -0.15) is 0 Å². The molecule has 13 heavy (non-hydrogen) atoms. The predicted molar refractivity (Wildman–Crippen MR) is 57.3 cm³/mol. The summed E-state index contributed by atoms with van der Waals surface area (Å²) in [6.07, 6.45) is 15.5. The molecule has 0 aromatic heterocycles. The van der Waals surface area contributed by atoms with Crippen LogP contribution in [0.25, 0.3) is 0 Å². The first-order chi connectivity index (χ1) is 6.41. The number of rotatable bonds is 9. The smallest absolute Gasteiger partial charge is 0.225 e. The molecule has 0 unspecified atom stereocenters. The first-order valence-corrected chi connectivity index (χ1v) is 5.05. The predicted octanol–water partition coefficient (Wildman–Crippen LogP) is 3.57. The molecule has 0 atom stereocenters. The molecule has 0 aliphatic heterocycles. The van der Waals surface area contributed by atoms with Crippen molar-refractivity contribution < 1.29 is 4.79 Å². The molecule has 0 aliphatic carbocycles. The molecule has 1 radical (unpaired) electrons. The number of unbranched alkanes of at least 4 members (excludes halogenated alkanes) is 6. The fourth-order valence-electron chi connectivity index (χ4n) is 1.21. The second kappa shape index (κ2) is 11.2. The van der Waals surface area contributed by atoms with Gasteiger partial charge in [-0.1, -0.05) is 31.4 Å². The Labute approximate surface area is 81.5 Å². The highest BCUT2D eigenvalue weighted by molar-refractivity contribution is 5.65. The molecular weight excluding hydrogens is 160 g/mol. The van der Waals surface area contributed by atoms with Crippen LogP contribution < -0.4 is 0 Å². The standard InChI is InChI=1S/C12H19O/c1-2-3-4-5-6-7-8-9-10-11-12-13/h2,10-11H,1,3-9H2/b11-10+. The van der Waals surface area contributed by atoms with Crippen molar-refractivity contribution in [2.24, 2.45) is 0 Å². The zero-order valence-electron chi connectivity index (χ0n) is 8.30. The van der Waals surface area contributed by atoms with Gasteiger partial charge in [-0.15, -0.1) is 6.58 Å². The molecule has 0 N–H and O–H groups in total. The molecule has 0 rings (SSSR count). The zero-order valence-corrected chi connectivity index (χ0v) is 8.30. The molecular formula is C12H19O. The second-order valence-electron chi connectivity index (χ2n) is 3.15. The van der Waals surface area contributed by atoms with Crippen molar-refractivity contribution >= 4 is 6.29 Å². The Bertz CT molecular complexity index is 147. The molecule has 0 spiro atoms. The third kappa shape index (κ3) is 11.1. The molecule has 0 bridgehead atoms. The lowest BCUT2D eigenvalue weighted by molar-refractivity contribution is 0.564. The van der Waals surface area contributed by atoms with E-state index >= 15 is 0 Å². The Balaban J connectivity index is 2.95. The highest BCUT2D eigenvalue weighted by Crippen LogP contribution is 2.07. The largest absolute Gasteiger partial charge is 0.286 e. The van der Waals surface area contributed by atoms with Gasteiger partial charge in [-0.3, -0.25) is 4.79 Å². The van der Waals surface area contributed by atoms with Gasteiger partial charge in [0.15, 0.2) is 0 Å². The monoisotopic (exact) mass is 179 g/mol. The average Bonchev–Trinajstić information content (AvgIpc) is 2.16. The van der Waals surface area contributed by atoms with Crippen molar-refractivity contribution in [3.05, 3.63) is 24.8 Å². The lowest BCUT2D eigenvalue weighted by Gasteiger charge is -1.97. The Morgan fingerprint density at radius 3 is 2.23 bits per heavy atom. The molecule has 0 aromatic rings.